The highest BCUT2D eigenvalue weighted by atomic mass is 32.2. The Morgan fingerprint density at radius 1 is 1.29 bits per heavy atom. The number of carbonyl (C=O) groups is 1. The number of aryl methyl sites for hydroxylation is 2. The lowest BCUT2D eigenvalue weighted by atomic mass is 10.1. The lowest BCUT2D eigenvalue weighted by Crippen LogP contribution is -2.52. The van der Waals surface area contributed by atoms with Gasteiger partial charge in [-0.05, 0) is 51.0 Å². The number of hydrogen-bond donors (Lipinski definition) is 1. The molecular formula is C14H20FNO4S. The van der Waals surface area contributed by atoms with Crippen molar-refractivity contribution in [3.05, 3.63) is 29.1 Å². The Morgan fingerprint density at radius 3 is 2.05 bits per heavy atom. The number of hydrogen-bond acceptors (Lipinski definition) is 3. The molecule has 7 heteroatoms. The first-order chi connectivity index (χ1) is 9.46. The number of sulfonamides is 1. The van der Waals surface area contributed by atoms with E-state index in [1.807, 2.05) is 0 Å². The van der Waals surface area contributed by atoms with Crippen LogP contribution in [0, 0.1) is 19.7 Å². The van der Waals surface area contributed by atoms with Gasteiger partial charge < -0.3 is 5.11 Å². The van der Waals surface area contributed by atoms with E-state index in [1.54, 1.807) is 6.92 Å². The van der Waals surface area contributed by atoms with E-state index in [4.69, 9.17) is 0 Å². The Morgan fingerprint density at radius 2 is 1.71 bits per heavy atom. The number of carboxylic acids is 1. The van der Waals surface area contributed by atoms with Crippen molar-refractivity contribution in [3.8, 4) is 0 Å². The molecule has 1 aromatic carbocycles. The highest BCUT2D eigenvalue weighted by Crippen LogP contribution is 2.29. The molecular weight excluding hydrogens is 297 g/mol. The molecule has 0 aliphatic rings. The zero-order valence-electron chi connectivity index (χ0n) is 12.8. The predicted octanol–water partition coefficient (Wildman–Crippen LogP) is 2.32. The van der Waals surface area contributed by atoms with Gasteiger partial charge in [0.25, 0.3) is 0 Å². The van der Waals surface area contributed by atoms with Gasteiger partial charge in [-0.1, -0.05) is 6.92 Å². The number of rotatable bonds is 5. The third-order valence-electron chi connectivity index (χ3n) is 3.41. The molecule has 0 saturated heterocycles. The first kappa shape index (κ1) is 17.6. The van der Waals surface area contributed by atoms with Crippen molar-refractivity contribution < 1.29 is 22.7 Å². The van der Waals surface area contributed by atoms with Gasteiger partial charge in [-0.3, -0.25) is 4.79 Å². The predicted molar refractivity (Wildman–Crippen MR) is 77.2 cm³/mol. The molecule has 0 radical (unpaired) electrons. The molecule has 1 N–H and O–H groups in total. The topological polar surface area (TPSA) is 74.7 Å². The largest absolute Gasteiger partial charge is 0.480 e. The summed E-state index contributed by atoms with van der Waals surface area (Å²) in [6.45, 7) is 7.19. The third kappa shape index (κ3) is 3.08. The summed E-state index contributed by atoms with van der Waals surface area (Å²) in [6, 6.07) is 2.25. The molecule has 0 atom stereocenters. The van der Waals surface area contributed by atoms with E-state index < -0.39 is 27.3 Å². The van der Waals surface area contributed by atoms with Crippen LogP contribution < -0.4 is 0 Å². The Balaban J connectivity index is 3.57. The van der Waals surface area contributed by atoms with Crippen LogP contribution in [0.1, 0.15) is 31.9 Å². The summed E-state index contributed by atoms with van der Waals surface area (Å²) in [6.07, 6.45) is 0. The van der Waals surface area contributed by atoms with Crippen LogP contribution in [0.4, 0.5) is 4.39 Å². The van der Waals surface area contributed by atoms with E-state index in [0.717, 1.165) is 16.4 Å². The van der Waals surface area contributed by atoms with Crippen molar-refractivity contribution in [2.45, 2.75) is 45.1 Å². The van der Waals surface area contributed by atoms with Gasteiger partial charge in [0.2, 0.25) is 10.0 Å². The highest BCUT2D eigenvalue weighted by molar-refractivity contribution is 7.89. The van der Waals surface area contributed by atoms with Crippen molar-refractivity contribution in [1.82, 2.24) is 4.31 Å². The van der Waals surface area contributed by atoms with Crippen LogP contribution in [0.3, 0.4) is 0 Å². The van der Waals surface area contributed by atoms with Gasteiger partial charge in [0.1, 0.15) is 11.4 Å². The fourth-order valence-corrected chi connectivity index (χ4v) is 4.56. The third-order valence-corrected chi connectivity index (χ3v) is 5.86. The molecule has 118 valence electrons. The molecule has 0 aliphatic heterocycles. The molecule has 0 aromatic heterocycles. The first-order valence-electron chi connectivity index (χ1n) is 6.49. The summed E-state index contributed by atoms with van der Waals surface area (Å²) in [4.78, 5) is 11.3. The van der Waals surface area contributed by atoms with E-state index in [-0.39, 0.29) is 22.6 Å². The van der Waals surface area contributed by atoms with E-state index in [2.05, 4.69) is 0 Å². The molecule has 0 spiro atoms. The maximum absolute atomic E-state index is 13.3. The average Bonchev–Trinajstić information content (AvgIpc) is 2.26. The van der Waals surface area contributed by atoms with E-state index in [0.29, 0.717) is 0 Å². The smallest absolute Gasteiger partial charge is 0.324 e. The standard InChI is InChI=1S/C14H20FNO4S/c1-6-16(14(4,5)13(17)18)21(19,20)12-9(2)7-11(15)8-10(12)3/h7-8H,6H2,1-5H3,(H,17,18). The number of carboxylic acid groups (broad SMARTS) is 1. The van der Waals surface area contributed by atoms with Crippen LogP contribution in [-0.2, 0) is 14.8 Å². The lowest BCUT2D eigenvalue weighted by Gasteiger charge is -2.33. The van der Waals surface area contributed by atoms with E-state index in [9.17, 15) is 22.7 Å². The van der Waals surface area contributed by atoms with Gasteiger partial charge in [0.05, 0.1) is 4.90 Å². The van der Waals surface area contributed by atoms with Gasteiger partial charge in [-0.2, -0.15) is 4.31 Å². The SMILES string of the molecule is CCN(C(C)(C)C(=O)O)S(=O)(=O)c1c(C)cc(F)cc1C. The van der Waals surface area contributed by atoms with Crippen LogP contribution in [-0.4, -0.2) is 35.9 Å². The minimum Gasteiger partial charge on any atom is -0.480 e. The zero-order valence-corrected chi connectivity index (χ0v) is 13.6. The van der Waals surface area contributed by atoms with Gasteiger partial charge >= 0.3 is 5.97 Å². The maximum atomic E-state index is 13.3. The average molecular weight is 317 g/mol. The van der Waals surface area contributed by atoms with Crippen LogP contribution in [0.2, 0.25) is 0 Å². The fraction of sp³-hybridized carbons (Fsp3) is 0.500. The van der Waals surface area contributed by atoms with Crippen molar-refractivity contribution in [3.63, 3.8) is 0 Å². The van der Waals surface area contributed by atoms with Crippen molar-refractivity contribution >= 4 is 16.0 Å². The second-order valence-corrected chi connectivity index (χ2v) is 7.20. The van der Waals surface area contributed by atoms with Gasteiger partial charge in [-0.25, -0.2) is 12.8 Å². The molecule has 0 unspecified atom stereocenters. The van der Waals surface area contributed by atoms with Crippen LogP contribution in [0.15, 0.2) is 17.0 Å². The molecule has 1 aromatic rings. The number of aliphatic carboxylic acids is 1. The molecule has 0 heterocycles. The molecule has 0 aliphatic carbocycles. The molecule has 1 rings (SSSR count). The number of benzene rings is 1. The summed E-state index contributed by atoms with van der Waals surface area (Å²) in [7, 11) is -4.05. The molecule has 0 amide bonds. The molecule has 0 fully saturated rings. The normalized spacial score (nSPS) is 12.7. The van der Waals surface area contributed by atoms with Gasteiger partial charge in [0.15, 0.2) is 0 Å². The highest BCUT2D eigenvalue weighted by Gasteiger charge is 2.42. The van der Waals surface area contributed by atoms with Crippen LogP contribution >= 0.6 is 0 Å². The monoisotopic (exact) mass is 317 g/mol. The Labute approximate surface area is 124 Å². The zero-order chi connectivity index (χ0) is 16.6. The molecule has 5 nitrogen and oxygen atoms in total. The summed E-state index contributed by atoms with van der Waals surface area (Å²) in [5.41, 5.74) is -1.08. The quantitative estimate of drug-likeness (QED) is 0.904. The summed E-state index contributed by atoms with van der Waals surface area (Å²) in [5.74, 6) is -1.77. The van der Waals surface area contributed by atoms with Crippen LogP contribution in [0.25, 0.3) is 0 Å². The summed E-state index contributed by atoms with van der Waals surface area (Å²) < 4.78 is 39.9. The van der Waals surface area contributed by atoms with E-state index >= 15 is 0 Å². The minimum atomic E-state index is -4.05. The second kappa shape index (κ2) is 5.73. The number of likely N-dealkylation sites (N-methyl/N-ethyl adjacent to an activating group) is 1. The van der Waals surface area contributed by atoms with Gasteiger partial charge in [0, 0.05) is 6.54 Å². The Hall–Kier alpha value is -1.47. The van der Waals surface area contributed by atoms with Crippen LogP contribution in [0.5, 0.6) is 0 Å². The Bertz CT molecular complexity index is 645. The van der Waals surface area contributed by atoms with Crippen molar-refractivity contribution in [1.29, 1.82) is 0 Å². The van der Waals surface area contributed by atoms with Crippen molar-refractivity contribution in [2.75, 3.05) is 6.54 Å². The van der Waals surface area contributed by atoms with Gasteiger partial charge in [-0.15, -0.1) is 0 Å². The maximum Gasteiger partial charge on any atom is 0.324 e. The summed E-state index contributed by atoms with van der Waals surface area (Å²) >= 11 is 0. The van der Waals surface area contributed by atoms with E-state index in [1.165, 1.54) is 27.7 Å². The summed E-state index contributed by atoms with van der Waals surface area (Å²) in [5, 5.41) is 9.27. The number of nitrogens with zero attached hydrogens (tertiary/aromatic N) is 1. The minimum absolute atomic E-state index is 0.00209. The molecule has 0 bridgehead atoms. The number of halogens is 1. The lowest BCUT2D eigenvalue weighted by molar-refractivity contribution is -0.146. The first-order valence-corrected chi connectivity index (χ1v) is 7.93. The fourth-order valence-electron chi connectivity index (χ4n) is 2.39. The molecule has 21 heavy (non-hydrogen) atoms. The van der Waals surface area contributed by atoms with Crippen molar-refractivity contribution in [2.24, 2.45) is 0 Å². The molecule has 0 saturated carbocycles. The second-order valence-electron chi connectivity index (χ2n) is 5.40. The Kier molecular flexibility index (Phi) is 4.80.